The molecule has 9 atom stereocenters. The van der Waals surface area contributed by atoms with Crippen molar-refractivity contribution >= 4 is 11.9 Å². The molecule has 4 fully saturated rings. The zero-order chi connectivity index (χ0) is 24.7. The quantitative estimate of drug-likeness (QED) is 0.361. The van der Waals surface area contributed by atoms with Gasteiger partial charge in [-0.1, -0.05) is 47.1 Å². The van der Waals surface area contributed by atoms with Gasteiger partial charge in [0.1, 0.15) is 6.10 Å². The predicted molar refractivity (Wildman–Crippen MR) is 130 cm³/mol. The van der Waals surface area contributed by atoms with Crippen molar-refractivity contribution in [1.29, 1.82) is 0 Å². The first-order valence-corrected chi connectivity index (χ1v) is 13.5. The Morgan fingerprint density at radius 1 is 0.912 bits per heavy atom. The van der Waals surface area contributed by atoms with Gasteiger partial charge < -0.3 is 14.2 Å². The minimum absolute atomic E-state index is 0.0643. The molecule has 3 saturated carbocycles. The molecule has 190 valence electrons. The third-order valence-electron chi connectivity index (χ3n) is 11.5. The van der Waals surface area contributed by atoms with Crippen LogP contribution in [0.5, 0.6) is 0 Å². The maximum atomic E-state index is 12.4. The Hall–Kier alpha value is -1.36. The number of fused-ring (bicyclic) bond motifs is 7. The van der Waals surface area contributed by atoms with Crippen LogP contribution in [0.25, 0.3) is 0 Å². The summed E-state index contributed by atoms with van der Waals surface area (Å²) < 4.78 is 18.0. The van der Waals surface area contributed by atoms with Crippen molar-refractivity contribution in [2.75, 3.05) is 6.61 Å². The van der Waals surface area contributed by atoms with Crippen LogP contribution < -0.4 is 0 Å². The summed E-state index contributed by atoms with van der Waals surface area (Å²) in [5.41, 5.74) is 1.63. The standard InChI is InChI=1S/C29H44O5/c1-17(30)33-23-15-22-27(5)13-8-12-26(3,4)20(27)11-14-28(22,6)21-10-9-19-16-32-25(34-18(2)31)24(19)29(21,23)7/h9,20-25H,8,10-16H2,1-7H3/t20?,21?,22?,23-,24+,25-,27-,28-,29+/m0/s1. The number of allylic oxidation sites excluding steroid dienone is 1. The number of carbonyl (C=O) groups is 2. The molecule has 5 rings (SSSR count). The predicted octanol–water partition coefficient (Wildman–Crippen LogP) is 6.06. The lowest BCUT2D eigenvalue weighted by atomic mass is 9.34. The first kappa shape index (κ1) is 24.3. The Balaban J connectivity index is 1.61. The van der Waals surface area contributed by atoms with E-state index in [4.69, 9.17) is 14.2 Å². The van der Waals surface area contributed by atoms with E-state index >= 15 is 0 Å². The van der Waals surface area contributed by atoms with Crippen LogP contribution in [0.4, 0.5) is 0 Å². The summed E-state index contributed by atoms with van der Waals surface area (Å²) in [5, 5.41) is 0. The van der Waals surface area contributed by atoms with Crippen molar-refractivity contribution < 1.29 is 23.8 Å². The number of hydrogen-bond acceptors (Lipinski definition) is 5. The molecule has 0 bridgehead atoms. The Morgan fingerprint density at radius 2 is 1.59 bits per heavy atom. The van der Waals surface area contributed by atoms with E-state index in [0.717, 1.165) is 12.8 Å². The molecule has 4 aliphatic carbocycles. The number of esters is 2. The highest BCUT2D eigenvalue weighted by atomic mass is 16.7. The van der Waals surface area contributed by atoms with Gasteiger partial charge in [0.2, 0.25) is 6.29 Å². The molecule has 0 N–H and O–H groups in total. The number of hydrogen-bond donors (Lipinski definition) is 0. The van der Waals surface area contributed by atoms with E-state index in [-0.39, 0.29) is 40.2 Å². The van der Waals surface area contributed by atoms with E-state index < -0.39 is 6.29 Å². The van der Waals surface area contributed by atoms with E-state index in [1.165, 1.54) is 51.5 Å². The molecule has 0 radical (unpaired) electrons. The lowest BCUT2D eigenvalue weighted by Gasteiger charge is -2.70. The van der Waals surface area contributed by atoms with E-state index in [1.54, 1.807) is 0 Å². The lowest BCUT2D eigenvalue weighted by molar-refractivity contribution is -0.255. The van der Waals surface area contributed by atoms with Gasteiger partial charge in [0.05, 0.1) is 12.5 Å². The fraction of sp³-hybridized carbons (Fsp3) is 0.862. The summed E-state index contributed by atoms with van der Waals surface area (Å²) in [4.78, 5) is 24.4. The van der Waals surface area contributed by atoms with Crippen molar-refractivity contribution in [1.82, 2.24) is 0 Å². The van der Waals surface area contributed by atoms with Gasteiger partial charge in [-0.3, -0.25) is 9.59 Å². The molecule has 5 aliphatic rings. The number of rotatable bonds is 2. The normalized spacial score (nSPS) is 49.0. The van der Waals surface area contributed by atoms with Crippen molar-refractivity contribution in [2.24, 2.45) is 45.3 Å². The van der Waals surface area contributed by atoms with Crippen LogP contribution in [0.3, 0.4) is 0 Å². The summed E-state index contributed by atoms with van der Waals surface area (Å²) in [6, 6.07) is 0. The van der Waals surface area contributed by atoms with Crippen LogP contribution >= 0.6 is 0 Å². The summed E-state index contributed by atoms with van der Waals surface area (Å²) >= 11 is 0. The minimum atomic E-state index is -0.602. The summed E-state index contributed by atoms with van der Waals surface area (Å²) in [7, 11) is 0. The topological polar surface area (TPSA) is 61.8 Å². The third-order valence-corrected chi connectivity index (χ3v) is 11.5. The van der Waals surface area contributed by atoms with Crippen LogP contribution in [0, 0.1) is 45.3 Å². The number of ether oxygens (including phenoxy) is 3. The van der Waals surface area contributed by atoms with E-state index in [0.29, 0.717) is 29.8 Å². The minimum Gasteiger partial charge on any atom is -0.462 e. The third kappa shape index (κ3) is 3.28. The molecule has 0 spiro atoms. The average Bonchev–Trinajstić information content (AvgIpc) is 3.12. The van der Waals surface area contributed by atoms with Crippen molar-refractivity contribution in [3.05, 3.63) is 11.6 Å². The van der Waals surface area contributed by atoms with Gasteiger partial charge in [-0.15, -0.1) is 0 Å². The maximum Gasteiger partial charge on any atom is 0.304 e. The van der Waals surface area contributed by atoms with Crippen molar-refractivity contribution in [3.63, 3.8) is 0 Å². The molecule has 0 aromatic carbocycles. The molecule has 5 nitrogen and oxygen atoms in total. The largest absolute Gasteiger partial charge is 0.462 e. The Morgan fingerprint density at radius 3 is 2.26 bits per heavy atom. The van der Waals surface area contributed by atoms with Gasteiger partial charge in [0.25, 0.3) is 0 Å². The fourth-order valence-electron chi connectivity index (χ4n) is 10.3. The van der Waals surface area contributed by atoms with Gasteiger partial charge in [0.15, 0.2) is 0 Å². The van der Waals surface area contributed by atoms with Gasteiger partial charge >= 0.3 is 11.9 Å². The van der Waals surface area contributed by atoms with E-state index in [9.17, 15) is 9.59 Å². The Kier molecular flexibility index (Phi) is 5.60. The molecule has 1 saturated heterocycles. The SMILES string of the molecule is CC(=O)O[C@@H]1OCC2=CCC3[C@]4(C)CCC5C(C)(C)CCC[C@]5(C)C4C[C@H](OC(C)=O)[C@]3(C)[C@H]21. The smallest absolute Gasteiger partial charge is 0.304 e. The van der Waals surface area contributed by atoms with Gasteiger partial charge in [-0.05, 0) is 78.1 Å². The Labute approximate surface area is 205 Å². The highest BCUT2D eigenvalue weighted by Gasteiger charge is 2.70. The molecule has 34 heavy (non-hydrogen) atoms. The molecule has 0 aromatic heterocycles. The lowest BCUT2D eigenvalue weighted by Crippen LogP contribution is -2.67. The van der Waals surface area contributed by atoms with E-state index in [2.05, 4.69) is 40.7 Å². The second-order valence-corrected chi connectivity index (χ2v) is 13.5. The Bertz CT molecular complexity index is 906. The van der Waals surface area contributed by atoms with Crippen LogP contribution in [0.15, 0.2) is 11.6 Å². The summed E-state index contributed by atoms with van der Waals surface area (Å²) in [5.74, 6) is 0.954. The first-order chi connectivity index (χ1) is 15.8. The van der Waals surface area contributed by atoms with Crippen LogP contribution in [-0.2, 0) is 23.8 Å². The molecule has 1 aliphatic heterocycles. The van der Waals surface area contributed by atoms with E-state index in [1.807, 2.05) is 0 Å². The van der Waals surface area contributed by atoms with Gasteiger partial charge in [-0.25, -0.2) is 0 Å². The molecular formula is C29H44O5. The van der Waals surface area contributed by atoms with Gasteiger partial charge in [-0.2, -0.15) is 0 Å². The molecule has 3 unspecified atom stereocenters. The molecule has 1 heterocycles. The second kappa shape index (κ2) is 7.82. The molecule has 5 heteroatoms. The highest BCUT2D eigenvalue weighted by molar-refractivity contribution is 5.67. The molecule has 0 amide bonds. The fourth-order valence-corrected chi connectivity index (χ4v) is 10.3. The first-order valence-electron chi connectivity index (χ1n) is 13.5. The van der Waals surface area contributed by atoms with Crippen molar-refractivity contribution in [2.45, 2.75) is 106 Å². The monoisotopic (exact) mass is 472 g/mol. The maximum absolute atomic E-state index is 12.4. The number of carbonyl (C=O) groups excluding carboxylic acids is 2. The van der Waals surface area contributed by atoms with Crippen molar-refractivity contribution in [3.8, 4) is 0 Å². The van der Waals surface area contributed by atoms with Crippen LogP contribution in [0.1, 0.15) is 93.4 Å². The molecular weight excluding hydrogens is 428 g/mol. The second-order valence-electron chi connectivity index (χ2n) is 13.5. The summed E-state index contributed by atoms with van der Waals surface area (Å²) in [6.45, 7) is 15.8. The zero-order valence-corrected chi connectivity index (χ0v) is 22.2. The zero-order valence-electron chi connectivity index (χ0n) is 22.2. The van der Waals surface area contributed by atoms with Crippen LogP contribution in [0.2, 0.25) is 0 Å². The van der Waals surface area contributed by atoms with Crippen LogP contribution in [-0.4, -0.2) is 30.9 Å². The highest BCUT2D eigenvalue weighted by Crippen LogP contribution is 2.74. The molecule has 0 aromatic rings. The van der Waals surface area contributed by atoms with Gasteiger partial charge in [0, 0.05) is 19.3 Å². The summed E-state index contributed by atoms with van der Waals surface area (Å²) in [6.07, 6.45) is 9.76. The average molecular weight is 473 g/mol.